The Morgan fingerprint density at radius 3 is 2.47 bits per heavy atom. The molecule has 1 N–H and O–H groups in total. The van der Waals surface area contributed by atoms with Gasteiger partial charge in [0.2, 0.25) is 0 Å². The highest BCUT2D eigenvalue weighted by Gasteiger charge is 2.28. The molecule has 0 saturated heterocycles. The monoisotopic (exact) mass is 533 g/mol. The average molecular weight is 535 g/mol. The van der Waals surface area contributed by atoms with Crippen LogP contribution < -0.4 is 9.73 Å². The number of hydrogen-bond acceptors (Lipinski definition) is 4. The molecule has 0 atom stereocenters. The predicted molar refractivity (Wildman–Crippen MR) is 132 cm³/mol. The summed E-state index contributed by atoms with van der Waals surface area (Å²) in [4.78, 5) is 12.8. The molecule has 0 aliphatic carbocycles. The van der Waals surface area contributed by atoms with Crippen molar-refractivity contribution >= 4 is 54.9 Å². The smallest absolute Gasteiger partial charge is 0.264 e. The van der Waals surface area contributed by atoms with E-state index in [0.717, 1.165) is 14.3 Å². The fraction of sp³-hybridized carbons (Fsp3) is 0.130. The van der Waals surface area contributed by atoms with Crippen LogP contribution in [0.5, 0.6) is 0 Å². The minimum absolute atomic E-state index is 0.0704. The Balaban J connectivity index is 1.91. The first kappa shape index (κ1) is 24.0. The van der Waals surface area contributed by atoms with Gasteiger partial charge in [-0.05, 0) is 61.4 Å². The van der Waals surface area contributed by atoms with E-state index in [1.165, 1.54) is 18.2 Å². The van der Waals surface area contributed by atoms with Gasteiger partial charge in [-0.3, -0.25) is 9.10 Å². The van der Waals surface area contributed by atoms with Gasteiger partial charge in [-0.1, -0.05) is 63.9 Å². The average Bonchev–Trinajstić information content (AvgIpc) is 2.78. The largest absolute Gasteiger partial charge is 0.271 e. The number of anilines is 1. The lowest BCUT2D eigenvalue weighted by atomic mass is 10.1. The number of nitrogens with zero attached hydrogens (tertiary/aromatic N) is 2. The zero-order valence-corrected chi connectivity index (χ0v) is 20.6. The number of nitrogens with one attached hydrogen (secondary N) is 1. The van der Waals surface area contributed by atoms with Gasteiger partial charge in [0.15, 0.2) is 0 Å². The maximum absolute atomic E-state index is 13.4. The number of amides is 1. The molecule has 1 amide bonds. The number of hydrogen-bond donors (Lipinski definition) is 1. The Labute approximate surface area is 201 Å². The van der Waals surface area contributed by atoms with Crippen molar-refractivity contribution in [1.29, 1.82) is 0 Å². The van der Waals surface area contributed by atoms with Crippen LogP contribution in [0.25, 0.3) is 0 Å². The quantitative estimate of drug-likeness (QED) is 0.336. The first-order chi connectivity index (χ1) is 15.2. The second-order valence-corrected chi connectivity index (χ2v) is 10.2. The summed E-state index contributed by atoms with van der Waals surface area (Å²) in [5.41, 5.74) is 4.84. The molecule has 6 nitrogen and oxygen atoms in total. The maximum Gasteiger partial charge on any atom is 0.264 e. The van der Waals surface area contributed by atoms with Crippen LogP contribution in [0.4, 0.5) is 5.69 Å². The molecular weight excluding hydrogens is 514 g/mol. The van der Waals surface area contributed by atoms with Crippen molar-refractivity contribution in [2.45, 2.75) is 18.7 Å². The first-order valence-corrected chi connectivity index (χ1v) is 12.2. The van der Waals surface area contributed by atoms with Crippen molar-refractivity contribution in [3.63, 3.8) is 0 Å². The van der Waals surface area contributed by atoms with Gasteiger partial charge in [0.1, 0.15) is 6.54 Å². The lowest BCUT2D eigenvalue weighted by Crippen LogP contribution is -2.40. The van der Waals surface area contributed by atoms with Gasteiger partial charge in [0, 0.05) is 9.50 Å². The van der Waals surface area contributed by atoms with E-state index in [1.807, 2.05) is 24.3 Å². The highest BCUT2D eigenvalue weighted by molar-refractivity contribution is 9.10. The molecule has 3 rings (SSSR count). The fourth-order valence-corrected chi connectivity index (χ4v) is 5.02. The summed E-state index contributed by atoms with van der Waals surface area (Å²) in [6.07, 6.45) is 0. The Kier molecular flexibility index (Phi) is 7.71. The maximum atomic E-state index is 13.4. The summed E-state index contributed by atoms with van der Waals surface area (Å²) in [5.74, 6) is -0.585. The van der Waals surface area contributed by atoms with Crippen molar-refractivity contribution in [3.05, 3.63) is 93.4 Å². The topological polar surface area (TPSA) is 78.8 Å². The van der Waals surface area contributed by atoms with Crippen LogP contribution in [0.1, 0.15) is 18.1 Å². The third-order valence-corrected chi connectivity index (χ3v) is 7.15. The predicted octanol–water partition coefficient (Wildman–Crippen LogP) is 5.15. The normalized spacial score (nSPS) is 11.8. The molecule has 0 heterocycles. The lowest BCUT2D eigenvalue weighted by Gasteiger charge is -2.25. The van der Waals surface area contributed by atoms with Gasteiger partial charge in [0.05, 0.1) is 16.3 Å². The molecule has 32 heavy (non-hydrogen) atoms. The van der Waals surface area contributed by atoms with E-state index in [-0.39, 0.29) is 4.90 Å². The van der Waals surface area contributed by atoms with Crippen LogP contribution in [0.15, 0.2) is 87.3 Å². The molecule has 0 aromatic heterocycles. The van der Waals surface area contributed by atoms with E-state index in [0.29, 0.717) is 22.0 Å². The van der Waals surface area contributed by atoms with E-state index < -0.39 is 22.5 Å². The molecular formula is C23H21BrClN3O3S. The molecule has 0 bridgehead atoms. The lowest BCUT2D eigenvalue weighted by molar-refractivity contribution is -0.119. The van der Waals surface area contributed by atoms with Crippen LogP contribution >= 0.6 is 27.5 Å². The number of carbonyl (C=O) groups excluding carboxylic acids is 1. The second-order valence-electron chi connectivity index (χ2n) is 7.00. The molecule has 0 spiro atoms. The number of carbonyl (C=O) groups is 1. The van der Waals surface area contributed by atoms with Gasteiger partial charge in [-0.15, -0.1) is 0 Å². The molecule has 166 valence electrons. The number of rotatable bonds is 7. The van der Waals surface area contributed by atoms with Gasteiger partial charge >= 0.3 is 0 Å². The van der Waals surface area contributed by atoms with Crippen molar-refractivity contribution in [1.82, 2.24) is 5.43 Å². The Hall–Kier alpha value is -2.68. The Morgan fingerprint density at radius 1 is 1.06 bits per heavy atom. The van der Waals surface area contributed by atoms with E-state index in [2.05, 4.69) is 26.5 Å². The number of halogens is 2. The number of sulfonamides is 1. The van der Waals surface area contributed by atoms with Crippen LogP contribution in [0, 0.1) is 6.92 Å². The van der Waals surface area contributed by atoms with Crippen molar-refractivity contribution in [3.8, 4) is 0 Å². The van der Waals surface area contributed by atoms with Gasteiger partial charge < -0.3 is 0 Å². The van der Waals surface area contributed by atoms with E-state index in [1.54, 1.807) is 44.2 Å². The minimum Gasteiger partial charge on any atom is -0.271 e. The summed E-state index contributed by atoms with van der Waals surface area (Å²) < 4.78 is 28.7. The minimum atomic E-state index is -4.03. The Morgan fingerprint density at radius 2 is 1.78 bits per heavy atom. The molecule has 0 aliphatic heterocycles. The molecule has 9 heteroatoms. The van der Waals surface area contributed by atoms with E-state index in [9.17, 15) is 13.2 Å². The molecule has 0 saturated carbocycles. The van der Waals surface area contributed by atoms with Crippen LogP contribution in [0.2, 0.25) is 5.02 Å². The van der Waals surface area contributed by atoms with Crippen LogP contribution in [0.3, 0.4) is 0 Å². The summed E-state index contributed by atoms with van der Waals surface area (Å²) >= 11 is 9.53. The van der Waals surface area contributed by atoms with Gasteiger partial charge in [-0.25, -0.2) is 13.8 Å². The third kappa shape index (κ3) is 5.76. The highest BCUT2D eigenvalue weighted by Crippen LogP contribution is 2.29. The summed E-state index contributed by atoms with van der Waals surface area (Å²) in [6, 6.07) is 20.3. The summed E-state index contributed by atoms with van der Waals surface area (Å²) in [6.45, 7) is 3.04. The van der Waals surface area contributed by atoms with E-state index >= 15 is 0 Å². The van der Waals surface area contributed by atoms with Gasteiger partial charge in [0.25, 0.3) is 15.9 Å². The fourth-order valence-electron chi connectivity index (χ4n) is 2.96. The van der Waals surface area contributed by atoms with Crippen molar-refractivity contribution < 1.29 is 13.2 Å². The van der Waals surface area contributed by atoms with Crippen LogP contribution in [-0.4, -0.2) is 26.6 Å². The molecule has 0 aliphatic rings. The molecule has 0 fully saturated rings. The zero-order valence-electron chi connectivity index (χ0n) is 17.4. The molecule has 3 aromatic carbocycles. The molecule has 0 radical (unpaired) electrons. The Bertz CT molecular complexity index is 1260. The van der Waals surface area contributed by atoms with Gasteiger partial charge in [-0.2, -0.15) is 5.10 Å². The number of aryl methyl sites for hydroxylation is 1. The summed E-state index contributed by atoms with van der Waals surface area (Å²) in [7, 11) is -4.03. The third-order valence-electron chi connectivity index (χ3n) is 4.65. The second kappa shape index (κ2) is 10.3. The number of hydrazone groups is 1. The standard InChI is InChI=1S/C23H21BrClN3O3S/c1-16-11-12-20(25)14-22(16)28(32(30,31)21-9-4-3-5-10-21)15-23(29)27-26-17(2)18-7-6-8-19(24)13-18/h3-14H,15H2,1-2H3,(H,27,29)/b26-17-. The summed E-state index contributed by atoms with van der Waals surface area (Å²) in [5, 5.41) is 4.49. The van der Waals surface area contributed by atoms with Crippen molar-refractivity contribution in [2.24, 2.45) is 5.10 Å². The molecule has 0 unspecified atom stereocenters. The molecule has 3 aromatic rings. The zero-order chi connectivity index (χ0) is 23.3. The number of benzene rings is 3. The first-order valence-electron chi connectivity index (χ1n) is 9.61. The van der Waals surface area contributed by atoms with Crippen LogP contribution in [-0.2, 0) is 14.8 Å². The van der Waals surface area contributed by atoms with E-state index in [4.69, 9.17) is 11.6 Å². The SMILES string of the molecule is C/C(=N/NC(=O)CN(c1cc(Cl)ccc1C)S(=O)(=O)c1ccccc1)c1cccc(Br)c1. The van der Waals surface area contributed by atoms with Crippen molar-refractivity contribution in [2.75, 3.05) is 10.8 Å². The highest BCUT2D eigenvalue weighted by atomic mass is 79.9.